The number of hydrogen-bond acceptors (Lipinski definition) is 3. The summed E-state index contributed by atoms with van der Waals surface area (Å²) in [6.07, 6.45) is 0.654. The molecule has 14 heavy (non-hydrogen) atoms. The first-order chi connectivity index (χ1) is 6.77. The number of halogens is 1. The maximum Gasteiger partial charge on any atom is 0.254 e. The lowest BCUT2D eigenvalue weighted by molar-refractivity contribution is -0.156. The number of likely N-dealkylation sites (tertiary alicyclic amines) is 1. The van der Waals surface area contributed by atoms with Gasteiger partial charge in [-0.1, -0.05) is 15.9 Å². The molecular weight excluding hydrogens is 250 g/mol. The van der Waals surface area contributed by atoms with Crippen LogP contribution in [0, 0.1) is 0 Å². The highest BCUT2D eigenvalue weighted by Crippen LogP contribution is 2.18. The Morgan fingerprint density at radius 3 is 2.86 bits per heavy atom. The minimum atomic E-state index is -0.374. The molecule has 2 aliphatic heterocycles. The fourth-order valence-corrected chi connectivity index (χ4v) is 2.31. The summed E-state index contributed by atoms with van der Waals surface area (Å²) in [5, 5.41) is 0. The summed E-state index contributed by atoms with van der Waals surface area (Å²) in [7, 11) is 0. The maximum absolute atomic E-state index is 11.8. The third-order valence-electron chi connectivity index (χ3n) is 2.53. The van der Waals surface area contributed by atoms with Crippen molar-refractivity contribution in [2.75, 3.05) is 32.9 Å². The lowest BCUT2D eigenvalue weighted by Crippen LogP contribution is -2.44. The van der Waals surface area contributed by atoms with Gasteiger partial charge in [0.1, 0.15) is 0 Å². The zero-order chi connectivity index (χ0) is 9.97. The van der Waals surface area contributed by atoms with Gasteiger partial charge in [0.15, 0.2) is 6.10 Å². The molecule has 0 aliphatic carbocycles. The molecule has 2 aliphatic rings. The number of rotatable bonds is 1. The normalized spacial score (nSPS) is 33.4. The van der Waals surface area contributed by atoms with E-state index in [0.717, 1.165) is 19.5 Å². The van der Waals surface area contributed by atoms with Crippen molar-refractivity contribution in [1.29, 1.82) is 0 Å². The van der Waals surface area contributed by atoms with Crippen LogP contribution in [0.5, 0.6) is 0 Å². The zero-order valence-electron chi connectivity index (χ0n) is 7.95. The van der Waals surface area contributed by atoms with Crippen LogP contribution in [-0.2, 0) is 14.3 Å². The number of nitrogens with zero attached hydrogens (tertiary/aromatic N) is 1. The van der Waals surface area contributed by atoms with Crippen LogP contribution in [0.15, 0.2) is 0 Å². The molecule has 0 saturated carbocycles. The highest BCUT2D eigenvalue weighted by Gasteiger charge is 2.31. The standard InChI is InChI=1S/C9H14BrNO3/c10-7-1-2-11(5-7)9(12)8-6-13-3-4-14-8/h7-8H,1-6H2. The molecule has 0 aromatic heterocycles. The number of hydrogen-bond donors (Lipinski definition) is 0. The lowest BCUT2D eigenvalue weighted by Gasteiger charge is -2.26. The Morgan fingerprint density at radius 1 is 1.43 bits per heavy atom. The van der Waals surface area contributed by atoms with E-state index in [1.54, 1.807) is 0 Å². The molecule has 1 amide bonds. The molecule has 0 bridgehead atoms. The van der Waals surface area contributed by atoms with Crippen LogP contribution in [0.2, 0.25) is 0 Å². The second kappa shape index (κ2) is 4.59. The summed E-state index contributed by atoms with van der Waals surface area (Å²) in [6.45, 7) is 3.16. The van der Waals surface area contributed by atoms with Crippen LogP contribution in [0.25, 0.3) is 0 Å². The molecule has 2 atom stereocenters. The number of alkyl halides is 1. The average Bonchev–Trinajstić information content (AvgIpc) is 2.65. The van der Waals surface area contributed by atoms with E-state index in [-0.39, 0.29) is 12.0 Å². The second-order valence-corrected chi connectivity index (χ2v) is 4.90. The van der Waals surface area contributed by atoms with E-state index in [2.05, 4.69) is 15.9 Å². The molecular formula is C9H14BrNO3. The van der Waals surface area contributed by atoms with E-state index in [1.165, 1.54) is 0 Å². The molecule has 0 aromatic rings. The predicted octanol–water partition coefficient (Wildman–Crippen LogP) is 0.398. The van der Waals surface area contributed by atoms with Crippen molar-refractivity contribution < 1.29 is 14.3 Å². The SMILES string of the molecule is O=C(C1COCCO1)N1CCC(Br)C1. The first kappa shape index (κ1) is 10.4. The molecule has 2 fully saturated rings. The summed E-state index contributed by atoms with van der Waals surface area (Å²) in [5.41, 5.74) is 0. The number of carbonyl (C=O) groups excluding carboxylic acids is 1. The largest absolute Gasteiger partial charge is 0.376 e. The van der Waals surface area contributed by atoms with Gasteiger partial charge in [-0.15, -0.1) is 0 Å². The Balaban J connectivity index is 1.87. The van der Waals surface area contributed by atoms with Crippen LogP contribution >= 0.6 is 15.9 Å². The molecule has 5 heteroatoms. The van der Waals surface area contributed by atoms with Gasteiger partial charge in [0.05, 0.1) is 19.8 Å². The Labute approximate surface area is 91.7 Å². The van der Waals surface area contributed by atoms with Gasteiger partial charge in [0, 0.05) is 17.9 Å². The van der Waals surface area contributed by atoms with Crippen LogP contribution in [0.3, 0.4) is 0 Å². The minimum absolute atomic E-state index is 0.0756. The number of ether oxygens (including phenoxy) is 2. The lowest BCUT2D eigenvalue weighted by atomic mass is 10.3. The summed E-state index contributed by atoms with van der Waals surface area (Å²) >= 11 is 3.51. The van der Waals surface area contributed by atoms with E-state index in [4.69, 9.17) is 9.47 Å². The quantitative estimate of drug-likeness (QED) is 0.643. The Kier molecular flexibility index (Phi) is 3.41. The molecule has 80 valence electrons. The van der Waals surface area contributed by atoms with Crippen LogP contribution in [0.1, 0.15) is 6.42 Å². The topological polar surface area (TPSA) is 38.8 Å². The Bertz CT molecular complexity index is 211. The molecule has 2 rings (SSSR count). The van der Waals surface area contributed by atoms with Gasteiger partial charge in [0.2, 0.25) is 0 Å². The van der Waals surface area contributed by atoms with Gasteiger partial charge in [-0.2, -0.15) is 0 Å². The van der Waals surface area contributed by atoms with Crippen molar-refractivity contribution in [2.45, 2.75) is 17.4 Å². The molecule has 0 radical (unpaired) electrons. The zero-order valence-corrected chi connectivity index (χ0v) is 9.53. The molecule has 0 aromatic carbocycles. The molecule has 2 heterocycles. The maximum atomic E-state index is 11.8. The number of carbonyl (C=O) groups is 1. The van der Waals surface area contributed by atoms with E-state index in [1.807, 2.05) is 4.90 Å². The van der Waals surface area contributed by atoms with E-state index in [0.29, 0.717) is 24.6 Å². The first-order valence-electron chi connectivity index (χ1n) is 4.89. The first-order valence-corrected chi connectivity index (χ1v) is 5.81. The fraction of sp³-hybridized carbons (Fsp3) is 0.889. The fourth-order valence-electron chi connectivity index (χ4n) is 1.75. The summed E-state index contributed by atoms with van der Waals surface area (Å²) < 4.78 is 10.6. The van der Waals surface area contributed by atoms with Crippen molar-refractivity contribution in [2.24, 2.45) is 0 Å². The van der Waals surface area contributed by atoms with Gasteiger partial charge in [0.25, 0.3) is 5.91 Å². The van der Waals surface area contributed by atoms with Crippen LogP contribution < -0.4 is 0 Å². The van der Waals surface area contributed by atoms with Crippen molar-refractivity contribution >= 4 is 21.8 Å². The minimum Gasteiger partial charge on any atom is -0.376 e. The third-order valence-corrected chi connectivity index (χ3v) is 3.28. The smallest absolute Gasteiger partial charge is 0.254 e. The van der Waals surface area contributed by atoms with Crippen molar-refractivity contribution in [1.82, 2.24) is 4.90 Å². The van der Waals surface area contributed by atoms with Gasteiger partial charge < -0.3 is 14.4 Å². The molecule has 0 spiro atoms. The molecule has 2 unspecified atom stereocenters. The number of amides is 1. The summed E-state index contributed by atoms with van der Waals surface area (Å²) in [6, 6.07) is 0. The highest BCUT2D eigenvalue weighted by molar-refractivity contribution is 9.09. The van der Waals surface area contributed by atoms with E-state index < -0.39 is 0 Å². The van der Waals surface area contributed by atoms with E-state index in [9.17, 15) is 4.79 Å². The van der Waals surface area contributed by atoms with Gasteiger partial charge >= 0.3 is 0 Å². The van der Waals surface area contributed by atoms with Gasteiger partial charge in [-0.25, -0.2) is 0 Å². The third kappa shape index (κ3) is 2.27. The summed E-state index contributed by atoms with van der Waals surface area (Å²) in [4.78, 5) is 14.1. The van der Waals surface area contributed by atoms with Crippen molar-refractivity contribution in [3.05, 3.63) is 0 Å². The van der Waals surface area contributed by atoms with Crippen LogP contribution in [0.4, 0.5) is 0 Å². The summed E-state index contributed by atoms with van der Waals surface area (Å²) in [5.74, 6) is 0.0756. The van der Waals surface area contributed by atoms with E-state index >= 15 is 0 Å². The molecule has 0 N–H and O–H groups in total. The Hall–Kier alpha value is -0.130. The highest BCUT2D eigenvalue weighted by atomic mass is 79.9. The average molecular weight is 264 g/mol. The van der Waals surface area contributed by atoms with Crippen molar-refractivity contribution in [3.63, 3.8) is 0 Å². The second-order valence-electron chi connectivity index (χ2n) is 3.60. The van der Waals surface area contributed by atoms with Crippen LogP contribution in [-0.4, -0.2) is 54.6 Å². The molecule has 2 saturated heterocycles. The predicted molar refractivity (Wildman–Crippen MR) is 54.5 cm³/mol. The van der Waals surface area contributed by atoms with Gasteiger partial charge in [-0.3, -0.25) is 4.79 Å². The van der Waals surface area contributed by atoms with Crippen molar-refractivity contribution in [3.8, 4) is 0 Å². The van der Waals surface area contributed by atoms with Gasteiger partial charge in [-0.05, 0) is 6.42 Å². The molecule has 4 nitrogen and oxygen atoms in total. The monoisotopic (exact) mass is 263 g/mol. The Morgan fingerprint density at radius 2 is 2.29 bits per heavy atom.